The maximum atomic E-state index is 10.5. The van der Waals surface area contributed by atoms with Crippen molar-refractivity contribution in [1.29, 1.82) is 0 Å². The Morgan fingerprint density at radius 1 is 1.31 bits per heavy atom. The molecule has 0 spiro atoms. The lowest BCUT2D eigenvalue weighted by atomic mass is 10.4. The van der Waals surface area contributed by atoms with Gasteiger partial charge in [-0.25, -0.2) is 9.66 Å². The number of hydrogen-bond donors (Lipinski definition) is 2. The van der Waals surface area contributed by atoms with Crippen molar-refractivity contribution in [3.05, 3.63) is 22.8 Å². The predicted molar refractivity (Wildman–Crippen MR) is 62.5 cm³/mol. The molecule has 0 unspecified atom stereocenters. The molecule has 2 rings (SSSR count). The Kier molecular flexibility index (Phi) is 2.86. The van der Waals surface area contributed by atoms with Gasteiger partial charge in [-0.1, -0.05) is 0 Å². The number of pyridine rings is 1. The first-order chi connectivity index (χ1) is 7.76. The quantitative estimate of drug-likeness (QED) is 0.651. The molecule has 0 aromatic carbocycles. The molecule has 0 saturated heterocycles. The first-order valence-corrected chi connectivity index (χ1v) is 5.14. The zero-order valence-corrected chi connectivity index (χ0v) is 9.56. The smallest absolute Gasteiger partial charge is 0.226 e. The fraction of sp³-hybridized carbons (Fsp3) is 0. The van der Waals surface area contributed by atoms with E-state index in [2.05, 4.69) is 31.7 Å². The summed E-state index contributed by atoms with van der Waals surface area (Å²) in [7, 11) is 0. The number of hydrogen-bond acceptors (Lipinski definition) is 3. The summed E-state index contributed by atoms with van der Waals surface area (Å²) in [5, 5.41) is 2.48. The number of nitrogens with zero attached hydrogens (tertiary/aromatic N) is 2. The molecule has 2 N–H and O–H groups in total. The molecule has 0 aliphatic heterocycles. The molecule has 0 saturated carbocycles. The van der Waals surface area contributed by atoms with Gasteiger partial charge in [-0.2, -0.15) is 0 Å². The largest absolute Gasteiger partial charge is 0.313 e. The number of carbonyl (C=O) groups excluding carboxylic acids is 2. The van der Waals surface area contributed by atoms with Gasteiger partial charge in [-0.05, 0) is 28.1 Å². The highest BCUT2D eigenvalue weighted by molar-refractivity contribution is 9.10. The normalized spacial score (nSPS) is 10.1. The zero-order valence-electron chi connectivity index (χ0n) is 7.98. The van der Waals surface area contributed by atoms with Crippen LogP contribution in [-0.4, -0.2) is 22.5 Å². The molecule has 2 heterocycles. The van der Waals surface area contributed by atoms with Gasteiger partial charge in [-0.3, -0.25) is 15.0 Å². The molecular weight excluding hydrogens is 276 g/mol. The average Bonchev–Trinajstić information content (AvgIpc) is 2.57. The molecule has 0 fully saturated rings. The van der Waals surface area contributed by atoms with Crippen molar-refractivity contribution in [3.63, 3.8) is 0 Å². The van der Waals surface area contributed by atoms with Crippen LogP contribution < -0.4 is 10.7 Å². The van der Waals surface area contributed by atoms with Crippen LogP contribution in [0.25, 0.3) is 11.0 Å². The maximum Gasteiger partial charge on any atom is 0.226 e. The third-order valence-electron chi connectivity index (χ3n) is 2.01. The van der Waals surface area contributed by atoms with Crippen molar-refractivity contribution in [2.75, 3.05) is 10.7 Å². The summed E-state index contributed by atoms with van der Waals surface area (Å²) in [6.07, 6.45) is 1.06. The van der Waals surface area contributed by atoms with Crippen LogP contribution >= 0.6 is 15.9 Å². The van der Waals surface area contributed by atoms with Gasteiger partial charge in [-0.15, -0.1) is 0 Å². The van der Waals surface area contributed by atoms with Crippen LogP contribution in [0, 0.1) is 0 Å². The van der Waals surface area contributed by atoms with Crippen LogP contribution in [0.4, 0.5) is 5.82 Å². The van der Waals surface area contributed by atoms with Crippen molar-refractivity contribution < 1.29 is 9.59 Å². The van der Waals surface area contributed by atoms with Crippen molar-refractivity contribution >= 4 is 45.6 Å². The summed E-state index contributed by atoms with van der Waals surface area (Å²) in [5.74, 6) is 0.447. The maximum absolute atomic E-state index is 10.5. The van der Waals surface area contributed by atoms with E-state index in [9.17, 15) is 9.59 Å². The molecule has 16 heavy (non-hydrogen) atoms. The molecule has 0 atom stereocenters. The fourth-order valence-corrected chi connectivity index (χ4v) is 1.74. The Morgan fingerprint density at radius 2 is 2.12 bits per heavy atom. The van der Waals surface area contributed by atoms with E-state index in [0.717, 1.165) is 0 Å². The monoisotopic (exact) mass is 282 g/mol. The lowest BCUT2D eigenvalue weighted by molar-refractivity contribution is -0.106. The van der Waals surface area contributed by atoms with Gasteiger partial charge in [0.2, 0.25) is 12.8 Å². The summed E-state index contributed by atoms with van der Waals surface area (Å²) in [4.78, 5) is 25.1. The number of nitrogens with one attached hydrogen (secondary N) is 2. The summed E-state index contributed by atoms with van der Waals surface area (Å²) in [6.45, 7) is 0. The van der Waals surface area contributed by atoms with E-state index in [4.69, 9.17) is 0 Å². The number of aromatic nitrogens is 2. The first kappa shape index (κ1) is 10.6. The predicted octanol–water partition coefficient (Wildman–Crippen LogP) is 1.07. The van der Waals surface area contributed by atoms with E-state index in [0.29, 0.717) is 34.3 Å². The molecule has 0 aliphatic rings. The fourth-order valence-electron chi connectivity index (χ4n) is 1.42. The Hall–Kier alpha value is -1.89. The second-order valence-corrected chi connectivity index (χ2v) is 3.72. The number of rotatable bonds is 4. The van der Waals surface area contributed by atoms with Crippen molar-refractivity contribution in [3.8, 4) is 0 Å². The third-order valence-corrected chi connectivity index (χ3v) is 2.45. The van der Waals surface area contributed by atoms with Gasteiger partial charge in [0, 0.05) is 6.07 Å². The molecule has 82 valence electrons. The minimum Gasteiger partial charge on any atom is -0.313 e. The summed E-state index contributed by atoms with van der Waals surface area (Å²) >= 11 is 3.24. The van der Waals surface area contributed by atoms with Crippen LogP contribution in [0.5, 0.6) is 0 Å². The van der Waals surface area contributed by atoms with E-state index >= 15 is 0 Å². The lowest BCUT2D eigenvalue weighted by Crippen LogP contribution is -2.15. The number of anilines is 1. The molecule has 0 radical (unpaired) electrons. The first-order valence-electron chi connectivity index (χ1n) is 4.34. The van der Waals surface area contributed by atoms with E-state index < -0.39 is 0 Å². The summed E-state index contributed by atoms with van der Waals surface area (Å²) < 4.78 is 2.12. The van der Waals surface area contributed by atoms with Crippen LogP contribution in [0.15, 0.2) is 22.8 Å². The topological polar surface area (TPSA) is 76.0 Å². The Labute approximate surface area is 98.7 Å². The highest BCUT2D eigenvalue weighted by Crippen LogP contribution is 2.22. The average molecular weight is 283 g/mol. The highest BCUT2D eigenvalue weighted by Gasteiger charge is 2.09. The van der Waals surface area contributed by atoms with E-state index in [1.54, 1.807) is 18.2 Å². The van der Waals surface area contributed by atoms with Gasteiger partial charge >= 0.3 is 0 Å². The molecule has 0 aliphatic carbocycles. The second-order valence-electron chi connectivity index (χ2n) is 2.91. The summed E-state index contributed by atoms with van der Waals surface area (Å²) in [6, 6.07) is 5.18. The van der Waals surface area contributed by atoms with Crippen LogP contribution in [0.3, 0.4) is 0 Å². The van der Waals surface area contributed by atoms with Crippen molar-refractivity contribution in [2.45, 2.75) is 0 Å². The second kappa shape index (κ2) is 4.31. The van der Waals surface area contributed by atoms with Gasteiger partial charge in [0.25, 0.3) is 0 Å². The molecule has 0 bridgehead atoms. The van der Waals surface area contributed by atoms with Gasteiger partial charge in [0.15, 0.2) is 0 Å². The molecule has 2 aromatic rings. The molecule has 2 aromatic heterocycles. The molecule has 7 heteroatoms. The van der Waals surface area contributed by atoms with E-state index in [-0.39, 0.29) is 0 Å². The van der Waals surface area contributed by atoms with E-state index in [1.165, 1.54) is 4.68 Å². The molecular formula is C9H7BrN4O2. The Balaban J connectivity index is 2.64. The number of halogens is 1. The number of carbonyl (C=O) groups is 2. The highest BCUT2D eigenvalue weighted by atomic mass is 79.9. The van der Waals surface area contributed by atoms with Gasteiger partial charge in [0.05, 0.1) is 11.0 Å². The van der Waals surface area contributed by atoms with Gasteiger partial charge < -0.3 is 5.32 Å². The van der Waals surface area contributed by atoms with Gasteiger partial charge in [0.1, 0.15) is 10.4 Å². The minimum absolute atomic E-state index is 0.447. The minimum atomic E-state index is 0.447. The van der Waals surface area contributed by atoms with Crippen LogP contribution in [0.1, 0.15) is 0 Å². The molecule has 2 amide bonds. The zero-order chi connectivity index (χ0) is 11.5. The Morgan fingerprint density at radius 3 is 2.81 bits per heavy atom. The SMILES string of the molecule is O=CNc1cc2nc(Br)ccc2n1NC=O. The standard InChI is InChI=1S/C9H7BrN4O2/c10-8-2-1-7-6(13-8)3-9(11-4-15)14(7)12-5-16/h1-5H,(H,11,15)(H,12,16). The van der Waals surface area contributed by atoms with Crippen molar-refractivity contribution in [2.24, 2.45) is 0 Å². The van der Waals surface area contributed by atoms with Crippen LogP contribution in [0.2, 0.25) is 0 Å². The Bertz CT molecular complexity index is 552. The number of amides is 2. The summed E-state index contributed by atoms with van der Waals surface area (Å²) in [5.41, 5.74) is 3.82. The lowest BCUT2D eigenvalue weighted by Gasteiger charge is -2.06. The third kappa shape index (κ3) is 1.76. The number of fused-ring (bicyclic) bond motifs is 1. The molecule has 6 nitrogen and oxygen atoms in total. The van der Waals surface area contributed by atoms with E-state index in [1.807, 2.05) is 0 Å². The van der Waals surface area contributed by atoms with Crippen molar-refractivity contribution in [1.82, 2.24) is 9.66 Å². The van der Waals surface area contributed by atoms with Crippen LogP contribution in [-0.2, 0) is 9.59 Å².